The number of nitrogens with zero attached hydrogens (tertiary/aromatic N) is 1. The van der Waals surface area contributed by atoms with Crippen molar-refractivity contribution in [2.45, 2.75) is 20.0 Å². The first kappa shape index (κ1) is 18.0. The van der Waals surface area contributed by atoms with Gasteiger partial charge in [-0.15, -0.1) is 0 Å². The van der Waals surface area contributed by atoms with Gasteiger partial charge in [0, 0.05) is 34.6 Å². The van der Waals surface area contributed by atoms with Gasteiger partial charge in [-0.2, -0.15) is 5.26 Å². The van der Waals surface area contributed by atoms with Crippen LogP contribution in [0.2, 0.25) is 5.02 Å². The summed E-state index contributed by atoms with van der Waals surface area (Å²) in [5.74, 6) is 0.645. The van der Waals surface area contributed by atoms with E-state index in [0.717, 1.165) is 22.0 Å². The molecule has 1 heterocycles. The lowest BCUT2D eigenvalue weighted by atomic mass is 10.1. The molecule has 0 radical (unpaired) electrons. The third kappa shape index (κ3) is 3.72. The standard InChI is InChI=1S/C20H18ClN3O2/c1-12-5-17(21)8-15-7-16(20(25)24-19(12)15)11-23-10-14-4-3-13(9-22)6-18(14)26-2/h3-8,23H,10-11H2,1-2H3,(H,24,25). The van der Waals surface area contributed by atoms with E-state index in [1.54, 1.807) is 19.2 Å². The third-order valence-corrected chi connectivity index (χ3v) is 4.46. The van der Waals surface area contributed by atoms with E-state index < -0.39 is 0 Å². The lowest BCUT2D eigenvalue weighted by Crippen LogP contribution is -2.21. The van der Waals surface area contributed by atoms with Crippen molar-refractivity contribution < 1.29 is 4.74 Å². The van der Waals surface area contributed by atoms with Gasteiger partial charge in [-0.3, -0.25) is 4.79 Å². The van der Waals surface area contributed by atoms with Crippen LogP contribution >= 0.6 is 11.6 Å². The van der Waals surface area contributed by atoms with Crippen LogP contribution in [0, 0.1) is 18.3 Å². The van der Waals surface area contributed by atoms with Gasteiger partial charge in [-0.1, -0.05) is 17.7 Å². The maximum Gasteiger partial charge on any atom is 0.252 e. The van der Waals surface area contributed by atoms with Gasteiger partial charge in [0.05, 0.1) is 24.3 Å². The van der Waals surface area contributed by atoms with Crippen LogP contribution in [0.4, 0.5) is 0 Å². The van der Waals surface area contributed by atoms with E-state index in [4.69, 9.17) is 21.6 Å². The fourth-order valence-corrected chi connectivity index (χ4v) is 3.21. The number of aromatic nitrogens is 1. The average molecular weight is 368 g/mol. The van der Waals surface area contributed by atoms with Gasteiger partial charge >= 0.3 is 0 Å². The first-order chi connectivity index (χ1) is 12.5. The van der Waals surface area contributed by atoms with Gasteiger partial charge in [0.25, 0.3) is 5.56 Å². The Kier molecular flexibility index (Phi) is 5.27. The Hall–Kier alpha value is -2.81. The molecule has 0 saturated carbocycles. The molecule has 0 spiro atoms. The molecule has 5 nitrogen and oxygen atoms in total. The summed E-state index contributed by atoms with van der Waals surface area (Å²) in [4.78, 5) is 15.3. The number of nitriles is 1. The normalized spacial score (nSPS) is 10.7. The maximum atomic E-state index is 12.3. The number of hydrogen-bond donors (Lipinski definition) is 2. The zero-order valence-corrected chi connectivity index (χ0v) is 15.3. The largest absolute Gasteiger partial charge is 0.496 e. The van der Waals surface area contributed by atoms with E-state index in [1.807, 2.05) is 31.2 Å². The molecular weight excluding hydrogens is 350 g/mol. The number of pyridine rings is 1. The van der Waals surface area contributed by atoms with Gasteiger partial charge in [0.15, 0.2) is 0 Å². The molecule has 3 aromatic rings. The van der Waals surface area contributed by atoms with Gasteiger partial charge in [-0.25, -0.2) is 0 Å². The molecule has 0 bridgehead atoms. The number of benzene rings is 2. The second kappa shape index (κ2) is 7.61. The highest BCUT2D eigenvalue weighted by Crippen LogP contribution is 2.22. The van der Waals surface area contributed by atoms with Gasteiger partial charge < -0.3 is 15.0 Å². The number of methoxy groups -OCH3 is 1. The molecule has 0 aliphatic rings. The number of hydrogen-bond acceptors (Lipinski definition) is 4. The van der Waals surface area contributed by atoms with E-state index in [2.05, 4.69) is 16.4 Å². The van der Waals surface area contributed by atoms with Crippen molar-refractivity contribution in [1.82, 2.24) is 10.3 Å². The quantitative estimate of drug-likeness (QED) is 0.721. The van der Waals surface area contributed by atoms with Crippen LogP contribution in [0.3, 0.4) is 0 Å². The Morgan fingerprint density at radius 1 is 1.19 bits per heavy atom. The molecule has 0 fully saturated rings. The summed E-state index contributed by atoms with van der Waals surface area (Å²) in [6.07, 6.45) is 0. The first-order valence-electron chi connectivity index (χ1n) is 8.11. The Bertz CT molecular complexity index is 1070. The number of fused-ring (bicyclic) bond motifs is 1. The topological polar surface area (TPSA) is 77.9 Å². The number of halogens is 1. The summed E-state index contributed by atoms with van der Waals surface area (Å²) < 4.78 is 5.32. The van der Waals surface area contributed by atoms with Crippen LogP contribution in [-0.4, -0.2) is 12.1 Å². The molecule has 6 heteroatoms. The predicted octanol–water partition coefficient (Wildman–Crippen LogP) is 3.66. The maximum absolute atomic E-state index is 12.3. The Balaban J connectivity index is 1.79. The van der Waals surface area contributed by atoms with Crippen LogP contribution in [0.5, 0.6) is 5.75 Å². The van der Waals surface area contributed by atoms with E-state index in [0.29, 0.717) is 35.0 Å². The molecule has 0 unspecified atom stereocenters. The van der Waals surface area contributed by atoms with Crippen LogP contribution in [0.15, 0.2) is 41.2 Å². The van der Waals surface area contributed by atoms with Crippen molar-refractivity contribution >= 4 is 22.5 Å². The predicted molar refractivity (Wildman–Crippen MR) is 103 cm³/mol. The molecule has 2 aromatic carbocycles. The van der Waals surface area contributed by atoms with Crippen molar-refractivity contribution in [2.75, 3.05) is 7.11 Å². The molecule has 0 amide bonds. The van der Waals surface area contributed by atoms with Crippen LogP contribution in [-0.2, 0) is 13.1 Å². The van der Waals surface area contributed by atoms with Crippen LogP contribution in [0.1, 0.15) is 22.3 Å². The van der Waals surface area contributed by atoms with E-state index >= 15 is 0 Å². The van der Waals surface area contributed by atoms with Crippen molar-refractivity contribution in [3.8, 4) is 11.8 Å². The number of ether oxygens (including phenoxy) is 1. The Labute approximate surface area is 156 Å². The van der Waals surface area contributed by atoms with Crippen molar-refractivity contribution in [3.63, 3.8) is 0 Å². The molecule has 2 N–H and O–H groups in total. The third-order valence-electron chi connectivity index (χ3n) is 4.24. The van der Waals surface area contributed by atoms with Crippen LogP contribution < -0.4 is 15.6 Å². The zero-order chi connectivity index (χ0) is 18.7. The van der Waals surface area contributed by atoms with Gasteiger partial charge in [-0.05, 0) is 42.8 Å². The monoisotopic (exact) mass is 367 g/mol. The van der Waals surface area contributed by atoms with Gasteiger partial charge in [0.1, 0.15) is 5.75 Å². The van der Waals surface area contributed by atoms with Gasteiger partial charge in [0.2, 0.25) is 0 Å². The number of H-pyrrole nitrogens is 1. The molecule has 0 aliphatic carbocycles. The number of nitrogens with one attached hydrogen (secondary N) is 2. The van der Waals surface area contributed by atoms with E-state index in [9.17, 15) is 4.79 Å². The summed E-state index contributed by atoms with van der Waals surface area (Å²) in [6, 6.07) is 12.9. The second-order valence-corrected chi connectivity index (χ2v) is 6.49. The molecule has 26 heavy (non-hydrogen) atoms. The lowest BCUT2D eigenvalue weighted by Gasteiger charge is -2.11. The minimum absolute atomic E-state index is 0.123. The second-order valence-electron chi connectivity index (χ2n) is 6.05. The van der Waals surface area contributed by atoms with E-state index in [1.165, 1.54) is 0 Å². The molecule has 3 rings (SSSR count). The fourth-order valence-electron chi connectivity index (χ4n) is 2.92. The summed E-state index contributed by atoms with van der Waals surface area (Å²) in [7, 11) is 1.57. The summed E-state index contributed by atoms with van der Waals surface area (Å²) in [5.41, 5.74) is 3.71. The van der Waals surface area contributed by atoms with Crippen LogP contribution in [0.25, 0.3) is 10.9 Å². The first-order valence-corrected chi connectivity index (χ1v) is 8.49. The SMILES string of the molecule is COc1cc(C#N)ccc1CNCc1cc2cc(Cl)cc(C)c2[nH]c1=O. The fraction of sp³-hybridized carbons (Fsp3) is 0.200. The smallest absolute Gasteiger partial charge is 0.252 e. The molecule has 1 aromatic heterocycles. The number of aryl methyl sites for hydroxylation is 1. The number of rotatable bonds is 5. The van der Waals surface area contributed by atoms with Crippen molar-refractivity contribution in [1.29, 1.82) is 5.26 Å². The minimum atomic E-state index is -0.123. The molecule has 132 valence electrons. The highest BCUT2D eigenvalue weighted by Gasteiger charge is 2.08. The van der Waals surface area contributed by atoms with Crippen molar-refractivity contribution in [3.05, 3.63) is 74.0 Å². The Morgan fingerprint density at radius 2 is 1.96 bits per heavy atom. The average Bonchev–Trinajstić information content (AvgIpc) is 2.63. The molecule has 0 saturated heterocycles. The summed E-state index contributed by atoms with van der Waals surface area (Å²) >= 11 is 6.11. The summed E-state index contributed by atoms with van der Waals surface area (Å²) in [5, 5.41) is 13.8. The lowest BCUT2D eigenvalue weighted by molar-refractivity contribution is 0.407. The minimum Gasteiger partial charge on any atom is -0.496 e. The highest BCUT2D eigenvalue weighted by atomic mass is 35.5. The molecule has 0 aliphatic heterocycles. The van der Waals surface area contributed by atoms with E-state index in [-0.39, 0.29) is 5.56 Å². The number of aromatic amines is 1. The molecule has 0 atom stereocenters. The Morgan fingerprint density at radius 3 is 2.69 bits per heavy atom. The summed E-state index contributed by atoms with van der Waals surface area (Å²) in [6.45, 7) is 2.83. The van der Waals surface area contributed by atoms with Crippen molar-refractivity contribution in [2.24, 2.45) is 0 Å². The molecular formula is C20H18ClN3O2. The highest BCUT2D eigenvalue weighted by molar-refractivity contribution is 6.31. The zero-order valence-electron chi connectivity index (χ0n) is 14.5.